The van der Waals surface area contributed by atoms with E-state index in [0.717, 1.165) is 169 Å². The smallest absolute Gasteiger partial charge is 0.143 e. The molecule has 0 fully saturated rings. The van der Waals surface area contributed by atoms with Crippen molar-refractivity contribution < 1.29 is 8.83 Å². The molecule has 522 valence electrons. The maximum absolute atomic E-state index is 7.03. The predicted molar refractivity (Wildman–Crippen MR) is 460 cm³/mol. The molecule has 2 heterocycles. The average molecular weight is 1410 g/mol. The molecule has 2 aromatic heterocycles. The fourth-order valence-electron chi connectivity index (χ4n) is 15.7. The zero-order valence-electron chi connectivity index (χ0n) is 60.1. The molecule has 0 saturated carbocycles. The van der Waals surface area contributed by atoms with Gasteiger partial charge in [0, 0.05) is 101 Å². The van der Waals surface area contributed by atoms with Crippen LogP contribution in [0.1, 0.15) is 0 Å². The zero-order valence-corrected chi connectivity index (χ0v) is 60.1. The Labute approximate surface area is 639 Å². The van der Waals surface area contributed by atoms with E-state index in [2.05, 4.69) is 454 Å². The number of furan rings is 2. The van der Waals surface area contributed by atoms with Crippen LogP contribution in [0.2, 0.25) is 0 Å². The molecule has 19 aromatic rings. The lowest BCUT2D eigenvalue weighted by Crippen LogP contribution is -2.18. The third-order valence-corrected chi connectivity index (χ3v) is 20.5. The van der Waals surface area contributed by atoms with Gasteiger partial charge in [0.2, 0.25) is 0 Å². The molecule has 0 N–H and O–H groups in total. The highest BCUT2D eigenvalue weighted by molar-refractivity contribution is 6.13. The van der Waals surface area contributed by atoms with Crippen molar-refractivity contribution in [2.75, 3.05) is 29.4 Å². The van der Waals surface area contributed by atoms with Gasteiger partial charge in [-0.05, 0) is 176 Å². The van der Waals surface area contributed by atoms with Crippen LogP contribution in [0, 0.1) is 0 Å². The summed E-state index contributed by atoms with van der Waals surface area (Å²) >= 11 is 0. The van der Waals surface area contributed by atoms with Crippen molar-refractivity contribution in [3.8, 4) is 22.3 Å². The van der Waals surface area contributed by atoms with Crippen LogP contribution in [0.15, 0.2) is 446 Å². The van der Waals surface area contributed by atoms with Crippen LogP contribution in [0.3, 0.4) is 0 Å². The lowest BCUT2D eigenvalue weighted by atomic mass is 9.98. The second-order valence-corrected chi connectivity index (χ2v) is 27.2. The highest BCUT2D eigenvalue weighted by Crippen LogP contribution is 2.53. The molecule has 110 heavy (non-hydrogen) atoms. The highest BCUT2D eigenvalue weighted by Gasteiger charge is 2.29. The van der Waals surface area contributed by atoms with Crippen LogP contribution >= 0.6 is 0 Å². The Morgan fingerprint density at radius 1 is 0.136 bits per heavy atom. The lowest BCUT2D eigenvalue weighted by Gasteiger charge is -2.35. The van der Waals surface area contributed by atoms with E-state index in [9.17, 15) is 0 Å². The van der Waals surface area contributed by atoms with E-state index in [0.29, 0.717) is 0 Å². The van der Waals surface area contributed by atoms with Crippen molar-refractivity contribution in [1.29, 1.82) is 0 Å². The standard InChI is InChI=1S/C102H72N6O2/c1-9-36-73(37-10-1)103(74-38-11-2-12-39-74)83-67-84(104(75-40-13-3-14-41-75)76-42-15-4-16-43-76)70-87(69-83)107(97-62-29-25-54-89(97)93-58-34-60-95-91-56-27-31-64-99(91)109-101(93)95)81-52-33-53-82(66-81)108(98-63-30-26-55-90(98)94-59-35-61-96-92-57-28-32-65-100(92)110-102(94)96)88-71-85(105(77-44-17-5-18-45-77)78-46-19-6-20-47-78)68-86(72-88)106(79-48-21-7-22-49-79)80-50-23-8-24-51-80/h1-72H. The van der Waals surface area contributed by atoms with Gasteiger partial charge in [-0.3, -0.25) is 0 Å². The van der Waals surface area contributed by atoms with E-state index in [-0.39, 0.29) is 0 Å². The molecule has 0 aliphatic rings. The van der Waals surface area contributed by atoms with Gasteiger partial charge in [0.05, 0.1) is 45.5 Å². The van der Waals surface area contributed by atoms with Gasteiger partial charge in [0.1, 0.15) is 22.3 Å². The first kappa shape index (κ1) is 65.9. The molecule has 0 saturated heterocycles. The minimum absolute atomic E-state index is 0.806. The second-order valence-electron chi connectivity index (χ2n) is 27.2. The van der Waals surface area contributed by atoms with Crippen LogP contribution in [-0.4, -0.2) is 0 Å². The van der Waals surface area contributed by atoms with Crippen molar-refractivity contribution in [2.45, 2.75) is 0 Å². The van der Waals surface area contributed by atoms with E-state index in [1.165, 1.54) is 0 Å². The Hall–Kier alpha value is -14.9. The third-order valence-electron chi connectivity index (χ3n) is 20.5. The van der Waals surface area contributed by atoms with Gasteiger partial charge in [-0.25, -0.2) is 0 Å². The molecule has 0 aliphatic carbocycles. The number of nitrogens with zero attached hydrogens (tertiary/aromatic N) is 6. The van der Waals surface area contributed by atoms with Gasteiger partial charge in [-0.15, -0.1) is 0 Å². The summed E-state index contributed by atoms with van der Waals surface area (Å²) in [6, 6.07) is 156. The van der Waals surface area contributed by atoms with Crippen molar-refractivity contribution in [2.24, 2.45) is 0 Å². The number of anilines is 18. The first-order chi connectivity index (χ1) is 54.6. The van der Waals surface area contributed by atoms with E-state index >= 15 is 0 Å². The van der Waals surface area contributed by atoms with Crippen molar-refractivity contribution >= 4 is 146 Å². The highest BCUT2D eigenvalue weighted by atomic mass is 16.3. The molecular formula is C102H72N6O2. The predicted octanol–water partition coefficient (Wildman–Crippen LogP) is 29.6. The fraction of sp³-hybridized carbons (Fsp3) is 0. The van der Waals surface area contributed by atoms with E-state index < -0.39 is 0 Å². The van der Waals surface area contributed by atoms with Crippen LogP contribution in [-0.2, 0) is 0 Å². The quantitative estimate of drug-likeness (QED) is 0.0748. The minimum atomic E-state index is 0.806. The Bertz CT molecular complexity index is 5690. The molecule has 0 atom stereocenters. The zero-order chi connectivity index (χ0) is 73.1. The first-order valence-corrected chi connectivity index (χ1v) is 37.2. The molecule has 0 bridgehead atoms. The van der Waals surface area contributed by atoms with E-state index in [1.54, 1.807) is 0 Å². The van der Waals surface area contributed by atoms with E-state index in [4.69, 9.17) is 8.83 Å². The van der Waals surface area contributed by atoms with Crippen molar-refractivity contribution in [3.63, 3.8) is 0 Å². The van der Waals surface area contributed by atoms with Gasteiger partial charge >= 0.3 is 0 Å². The summed E-state index contributed by atoms with van der Waals surface area (Å²) in [5.41, 5.74) is 24.3. The van der Waals surface area contributed by atoms with Crippen LogP contribution in [0.4, 0.5) is 102 Å². The van der Waals surface area contributed by atoms with E-state index in [1.807, 2.05) is 12.1 Å². The van der Waals surface area contributed by atoms with Crippen LogP contribution in [0.25, 0.3) is 66.1 Å². The minimum Gasteiger partial charge on any atom is -0.455 e. The first-order valence-electron chi connectivity index (χ1n) is 37.2. The number of benzene rings is 17. The summed E-state index contributed by atoms with van der Waals surface area (Å²) in [6.07, 6.45) is 0. The van der Waals surface area contributed by atoms with Gasteiger partial charge in [-0.1, -0.05) is 261 Å². The summed E-state index contributed by atoms with van der Waals surface area (Å²) in [7, 11) is 0. The number of fused-ring (bicyclic) bond motifs is 6. The molecule has 17 aromatic carbocycles. The number of para-hydroxylation sites is 14. The van der Waals surface area contributed by atoms with Gasteiger partial charge in [0.25, 0.3) is 0 Å². The molecule has 0 amide bonds. The topological polar surface area (TPSA) is 45.7 Å². The summed E-state index contributed by atoms with van der Waals surface area (Å²) in [6.45, 7) is 0. The van der Waals surface area contributed by atoms with Crippen molar-refractivity contribution in [3.05, 3.63) is 437 Å². The second kappa shape index (κ2) is 29.2. The molecule has 0 radical (unpaired) electrons. The molecule has 8 nitrogen and oxygen atoms in total. The molecule has 19 rings (SSSR count). The largest absolute Gasteiger partial charge is 0.455 e. The van der Waals surface area contributed by atoms with Gasteiger partial charge in [0.15, 0.2) is 0 Å². The summed E-state index contributed by atoms with van der Waals surface area (Å²) in [5.74, 6) is 0. The Kier molecular flexibility index (Phi) is 17.5. The van der Waals surface area contributed by atoms with Crippen LogP contribution in [0.5, 0.6) is 0 Å². The maximum atomic E-state index is 7.03. The Morgan fingerprint density at radius 2 is 0.336 bits per heavy atom. The molecule has 8 heteroatoms. The van der Waals surface area contributed by atoms with Crippen molar-refractivity contribution in [1.82, 2.24) is 0 Å². The third kappa shape index (κ3) is 12.5. The normalized spacial score (nSPS) is 11.3. The molecular weight excluding hydrogens is 1340 g/mol. The summed E-state index contributed by atoms with van der Waals surface area (Å²) in [5, 5.41) is 4.20. The Morgan fingerprint density at radius 3 is 0.627 bits per heavy atom. The van der Waals surface area contributed by atoms with Gasteiger partial charge in [-0.2, -0.15) is 0 Å². The molecule has 0 unspecified atom stereocenters. The average Bonchev–Trinajstić information content (AvgIpc) is 1.30. The molecule has 0 spiro atoms. The fourth-order valence-corrected chi connectivity index (χ4v) is 15.7. The monoisotopic (exact) mass is 1410 g/mol. The van der Waals surface area contributed by atoms with Crippen LogP contribution < -0.4 is 29.4 Å². The Balaban J connectivity index is 0.921. The number of rotatable bonds is 20. The lowest BCUT2D eigenvalue weighted by molar-refractivity contribution is 0.669. The number of hydrogen-bond donors (Lipinski definition) is 0. The summed E-state index contributed by atoms with van der Waals surface area (Å²) in [4.78, 5) is 14.4. The SMILES string of the molecule is c1ccc(N(c2ccccc2)c2cc(N(c3ccccc3)c3ccccc3)cc(N(c3cccc(N(c4cc(N(c5ccccc5)c5ccccc5)cc(N(c5ccccc5)c5ccccc5)c4)c4ccccc4-c4cccc5c4oc4ccccc45)c3)c3ccccc3-c3cccc4c3oc3ccccc34)c2)cc1. The maximum Gasteiger partial charge on any atom is 0.143 e. The molecule has 0 aliphatic heterocycles. The van der Waals surface area contributed by atoms with Gasteiger partial charge < -0.3 is 38.2 Å². The number of hydrogen-bond acceptors (Lipinski definition) is 8. The summed E-state index contributed by atoms with van der Waals surface area (Å²) < 4.78 is 14.1.